The van der Waals surface area contributed by atoms with Gasteiger partial charge in [-0.1, -0.05) is 48.5 Å². The van der Waals surface area contributed by atoms with E-state index in [2.05, 4.69) is 0 Å². The van der Waals surface area contributed by atoms with Crippen LogP contribution in [-0.2, 0) is 9.53 Å². The number of esters is 1. The number of methoxy groups -OCH3 is 1. The SMILES string of the molecule is COc1cccc(C(=O)OCC(=O)N2c3ccccc3OCC2c2ccccc2)c1. The molecule has 30 heavy (non-hydrogen) atoms. The second-order valence-electron chi connectivity index (χ2n) is 6.78. The molecule has 0 radical (unpaired) electrons. The van der Waals surface area contributed by atoms with Crippen LogP contribution >= 0.6 is 0 Å². The number of fused-ring (bicyclic) bond motifs is 1. The van der Waals surface area contributed by atoms with Gasteiger partial charge < -0.3 is 14.2 Å². The molecule has 1 aliphatic rings. The zero-order valence-electron chi connectivity index (χ0n) is 16.5. The van der Waals surface area contributed by atoms with Crippen molar-refractivity contribution in [1.82, 2.24) is 0 Å². The number of para-hydroxylation sites is 2. The highest BCUT2D eigenvalue weighted by atomic mass is 16.5. The van der Waals surface area contributed by atoms with Crippen LogP contribution in [0.25, 0.3) is 0 Å². The molecule has 152 valence electrons. The van der Waals surface area contributed by atoms with E-state index in [1.54, 1.807) is 29.2 Å². The van der Waals surface area contributed by atoms with Gasteiger partial charge in [0.15, 0.2) is 6.61 Å². The lowest BCUT2D eigenvalue weighted by molar-refractivity contribution is -0.122. The molecule has 0 aliphatic carbocycles. The van der Waals surface area contributed by atoms with Gasteiger partial charge in [-0.15, -0.1) is 0 Å². The largest absolute Gasteiger partial charge is 0.497 e. The molecule has 0 saturated heterocycles. The van der Waals surface area contributed by atoms with Gasteiger partial charge in [-0.25, -0.2) is 4.79 Å². The van der Waals surface area contributed by atoms with Crippen LogP contribution in [0.5, 0.6) is 11.5 Å². The fraction of sp³-hybridized carbons (Fsp3) is 0.167. The fourth-order valence-corrected chi connectivity index (χ4v) is 3.45. The zero-order valence-corrected chi connectivity index (χ0v) is 16.5. The number of carbonyl (C=O) groups is 2. The topological polar surface area (TPSA) is 65.1 Å². The minimum absolute atomic E-state index is 0.316. The minimum Gasteiger partial charge on any atom is -0.497 e. The van der Waals surface area contributed by atoms with Gasteiger partial charge in [0.1, 0.15) is 18.1 Å². The second kappa shape index (κ2) is 8.69. The van der Waals surface area contributed by atoms with Crippen LogP contribution in [-0.4, -0.2) is 32.2 Å². The summed E-state index contributed by atoms with van der Waals surface area (Å²) in [5.74, 6) is 0.259. The van der Waals surface area contributed by atoms with E-state index in [1.165, 1.54) is 7.11 Å². The Hall–Kier alpha value is -3.80. The Morgan fingerprint density at radius 3 is 2.57 bits per heavy atom. The summed E-state index contributed by atoms with van der Waals surface area (Å²) in [4.78, 5) is 27.2. The predicted molar refractivity (Wildman–Crippen MR) is 112 cm³/mol. The summed E-state index contributed by atoms with van der Waals surface area (Å²) in [6.07, 6.45) is 0. The molecule has 0 spiro atoms. The molecule has 4 rings (SSSR count). The number of hydrogen-bond acceptors (Lipinski definition) is 5. The van der Waals surface area contributed by atoms with Crippen LogP contribution in [0.2, 0.25) is 0 Å². The average Bonchev–Trinajstić information content (AvgIpc) is 2.82. The highest BCUT2D eigenvalue weighted by Crippen LogP contribution is 2.39. The van der Waals surface area contributed by atoms with Crippen molar-refractivity contribution >= 4 is 17.6 Å². The number of nitrogens with zero attached hydrogens (tertiary/aromatic N) is 1. The summed E-state index contributed by atoms with van der Waals surface area (Å²) in [7, 11) is 1.52. The van der Waals surface area contributed by atoms with E-state index < -0.39 is 5.97 Å². The van der Waals surface area contributed by atoms with Crippen LogP contribution in [0.1, 0.15) is 22.0 Å². The van der Waals surface area contributed by atoms with Gasteiger partial charge in [-0.05, 0) is 35.9 Å². The van der Waals surface area contributed by atoms with Crippen LogP contribution in [0.3, 0.4) is 0 Å². The highest BCUT2D eigenvalue weighted by molar-refractivity contribution is 5.99. The van der Waals surface area contributed by atoms with Crippen LogP contribution in [0, 0.1) is 0 Å². The molecule has 1 atom stereocenters. The molecule has 1 heterocycles. The molecular weight excluding hydrogens is 382 g/mol. The van der Waals surface area contributed by atoms with Crippen molar-refractivity contribution in [3.8, 4) is 11.5 Å². The number of hydrogen-bond donors (Lipinski definition) is 0. The molecule has 6 nitrogen and oxygen atoms in total. The van der Waals surface area contributed by atoms with E-state index in [-0.39, 0.29) is 18.6 Å². The van der Waals surface area contributed by atoms with E-state index in [1.807, 2.05) is 54.6 Å². The molecular formula is C24H21NO5. The summed E-state index contributed by atoms with van der Waals surface area (Å²) in [5, 5.41) is 0. The fourth-order valence-electron chi connectivity index (χ4n) is 3.45. The van der Waals surface area contributed by atoms with Gasteiger partial charge in [0.25, 0.3) is 5.91 Å². The van der Waals surface area contributed by atoms with Crippen molar-refractivity contribution in [3.63, 3.8) is 0 Å². The number of amides is 1. The molecule has 3 aromatic carbocycles. The first-order valence-electron chi connectivity index (χ1n) is 9.57. The zero-order chi connectivity index (χ0) is 20.9. The molecule has 0 bridgehead atoms. The predicted octanol–water partition coefficient (Wildman–Crippen LogP) is 4.02. The van der Waals surface area contributed by atoms with Crippen LogP contribution in [0.15, 0.2) is 78.9 Å². The lowest BCUT2D eigenvalue weighted by Gasteiger charge is -2.37. The highest BCUT2D eigenvalue weighted by Gasteiger charge is 2.33. The van der Waals surface area contributed by atoms with E-state index in [4.69, 9.17) is 14.2 Å². The third-order valence-corrected chi connectivity index (χ3v) is 4.92. The summed E-state index contributed by atoms with van der Waals surface area (Å²) in [5.41, 5.74) is 1.92. The molecule has 1 amide bonds. The van der Waals surface area contributed by atoms with E-state index in [9.17, 15) is 9.59 Å². The Labute approximate surface area is 174 Å². The third-order valence-electron chi connectivity index (χ3n) is 4.92. The van der Waals surface area contributed by atoms with E-state index in [0.29, 0.717) is 29.4 Å². The Morgan fingerprint density at radius 2 is 1.77 bits per heavy atom. The summed E-state index contributed by atoms with van der Waals surface area (Å²) < 4.78 is 16.3. The van der Waals surface area contributed by atoms with E-state index >= 15 is 0 Å². The van der Waals surface area contributed by atoms with Crippen molar-refractivity contribution in [2.24, 2.45) is 0 Å². The Kier molecular flexibility index (Phi) is 5.66. The minimum atomic E-state index is -0.583. The number of benzene rings is 3. The maximum absolute atomic E-state index is 13.2. The number of ether oxygens (including phenoxy) is 3. The van der Waals surface area contributed by atoms with Gasteiger partial charge in [-0.3, -0.25) is 9.69 Å². The molecule has 0 aromatic heterocycles. The lowest BCUT2D eigenvalue weighted by atomic mass is 10.0. The molecule has 0 saturated carbocycles. The normalized spacial score (nSPS) is 15.0. The summed E-state index contributed by atoms with van der Waals surface area (Å²) >= 11 is 0. The van der Waals surface area contributed by atoms with Gasteiger partial charge in [-0.2, -0.15) is 0 Å². The van der Waals surface area contributed by atoms with Crippen molar-refractivity contribution in [1.29, 1.82) is 0 Å². The second-order valence-corrected chi connectivity index (χ2v) is 6.78. The van der Waals surface area contributed by atoms with Crippen molar-refractivity contribution in [2.45, 2.75) is 6.04 Å². The Morgan fingerprint density at radius 1 is 1.00 bits per heavy atom. The van der Waals surface area contributed by atoms with Crippen LogP contribution in [0.4, 0.5) is 5.69 Å². The maximum atomic E-state index is 13.2. The number of rotatable bonds is 5. The Bertz CT molecular complexity index is 1050. The van der Waals surface area contributed by atoms with Crippen molar-refractivity contribution in [2.75, 3.05) is 25.2 Å². The molecule has 0 fully saturated rings. The lowest BCUT2D eigenvalue weighted by Crippen LogP contribution is -2.43. The van der Waals surface area contributed by atoms with Crippen LogP contribution < -0.4 is 14.4 Å². The molecule has 0 N–H and O–H groups in total. The van der Waals surface area contributed by atoms with Crippen molar-refractivity contribution < 1.29 is 23.8 Å². The van der Waals surface area contributed by atoms with Gasteiger partial charge in [0.2, 0.25) is 0 Å². The summed E-state index contributed by atoms with van der Waals surface area (Å²) in [6.45, 7) is -0.0652. The standard InChI is InChI=1S/C24H21NO5/c1-28-19-11-7-10-18(14-19)24(27)30-16-23(26)25-20-12-5-6-13-22(20)29-15-21(25)17-8-3-2-4-9-17/h2-14,21H,15-16H2,1H3. The third kappa shape index (κ3) is 3.98. The first kappa shape index (κ1) is 19.5. The van der Waals surface area contributed by atoms with Crippen molar-refractivity contribution in [3.05, 3.63) is 90.0 Å². The van der Waals surface area contributed by atoms with Gasteiger partial charge in [0.05, 0.1) is 24.4 Å². The maximum Gasteiger partial charge on any atom is 0.338 e. The molecule has 1 unspecified atom stereocenters. The average molecular weight is 403 g/mol. The van der Waals surface area contributed by atoms with E-state index in [0.717, 1.165) is 5.56 Å². The van der Waals surface area contributed by atoms with Gasteiger partial charge >= 0.3 is 5.97 Å². The first-order valence-corrected chi connectivity index (χ1v) is 9.57. The Balaban J connectivity index is 1.56. The monoisotopic (exact) mass is 403 g/mol. The summed E-state index contributed by atoms with van der Waals surface area (Å²) in [6, 6.07) is 23.3. The first-order chi connectivity index (χ1) is 14.7. The molecule has 1 aliphatic heterocycles. The number of carbonyl (C=O) groups excluding carboxylic acids is 2. The molecule has 6 heteroatoms. The molecule has 3 aromatic rings. The van der Waals surface area contributed by atoms with Gasteiger partial charge in [0, 0.05) is 0 Å². The quantitative estimate of drug-likeness (QED) is 0.602. The smallest absolute Gasteiger partial charge is 0.338 e. The number of anilines is 1.